The normalized spacial score (nSPS) is 18.6. The number of hydrogen-bond donors (Lipinski definition) is 1. The topological polar surface area (TPSA) is 69.6 Å². The largest absolute Gasteiger partial charge is 0.750 e. The van der Waals surface area contributed by atoms with E-state index >= 15 is 0 Å². The summed E-state index contributed by atoms with van der Waals surface area (Å²) in [6.45, 7) is 5.42. The molecule has 80 valence electrons. The quantitative estimate of drug-likeness (QED) is 0.529. The summed E-state index contributed by atoms with van der Waals surface area (Å²) in [6, 6.07) is 0. The van der Waals surface area contributed by atoms with Gasteiger partial charge in [0.2, 0.25) is 0 Å². The van der Waals surface area contributed by atoms with E-state index in [4.69, 9.17) is 0 Å². The summed E-state index contributed by atoms with van der Waals surface area (Å²) in [5, 5.41) is 9.77. The van der Waals surface area contributed by atoms with Crippen LogP contribution in [-0.2, 0) is 15.5 Å². The average Bonchev–Trinajstić information content (AvgIpc) is 1.99. The van der Waals surface area contributed by atoms with Crippen LogP contribution in [0, 0.1) is 5.92 Å². The highest BCUT2D eigenvalue weighted by molar-refractivity contribution is 7.74. The van der Waals surface area contributed by atoms with Gasteiger partial charge in [0.15, 0.2) is 5.79 Å². The highest BCUT2D eigenvalue weighted by atomic mass is 32.2. The van der Waals surface area contributed by atoms with Gasteiger partial charge in [-0.2, -0.15) is 0 Å². The first-order valence-corrected chi connectivity index (χ1v) is 5.43. The molecule has 2 unspecified atom stereocenters. The summed E-state index contributed by atoms with van der Waals surface area (Å²) in [4.78, 5) is 0. The van der Waals surface area contributed by atoms with Crippen molar-refractivity contribution in [3.8, 4) is 0 Å². The SMILES string of the molecule is CCCCC(O)(OS(=O)[O-])C(C)C. The molecule has 0 aromatic rings. The second kappa shape index (κ2) is 5.70. The summed E-state index contributed by atoms with van der Waals surface area (Å²) in [7, 11) is 0. The van der Waals surface area contributed by atoms with Crippen LogP contribution >= 0.6 is 0 Å². The molecule has 0 saturated heterocycles. The smallest absolute Gasteiger partial charge is 0.182 e. The Hall–Kier alpha value is 0.0300. The first-order valence-electron chi connectivity index (χ1n) is 4.43. The van der Waals surface area contributed by atoms with Crippen molar-refractivity contribution >= 4 is 11.4 Å². The zero-order valence-corrected chi connectivity index (χ0v) is 9.10. The highest BCUT2D eigenvalue weighted by Gasteiger charge is 2.32. The molecule has 0 aromatic heterocycles. The van der Waals surface area contributed by atoms with Gasteiger partial charge in [0.25, 0.3) is 0 Å². The van der Waals surface area contributed by atoms with E-state index in [0.717, 1.165) is 12.8 Å². The van der Waals surface area contributed by atoms with E-state index in [9.17, 15) is 13.9 Å². The zero-order chi connectivity index (χ0) is 10.5. The number of unbranched alkanes of at least 4 members (excludes halogenated alkanes) is 1. The maximum Gasteiger partial charge on any atom is 0.182 e. The van der Waals surface area contributed by atoms with Gasteiger partial charge in [-0.15, -0.1) is 0 Å². The van der Waals surface area contributed by atoms with Gasteiger partial charge < -0.3 is 9.66 Å². The molecule has 0 aromatic carbocycles. The van der Waals surface area contributed by atoms with Crippen LogP contribution in [0.3, 0.4) is 0 Å². The van der Waals surface area contributed by atoms with Gasteiger partial charge in [0.1, 0.15) is 0 Å². The van der Waals surface area contributed by atoms with E-state index in [0.29, 0.717) is 6.42 Å². The highest BCUT2D eigenvalue weighted by Crippen LogP contribution is 2.25. The van der Waals surface area contributed by atoms with E-state index in [-0.39, 0.29) is 5.92 Å². The molecule has 0 aliphatic heterocycles. The Morgan fingerprint density at radius 2 is 2.15 bits per heavy atom. The van der Waals surface area contributed by atoms with Crippen molar-refractivity contribution in [1.82, 2.24) is 0 Å². The maximum atomic E-state index is 10.3. The van der Waals surface area contributed by atoms with E-state index in [1.807, 2.05) is 6.92 Å². The molecule has 0 radical (unpaired) electrons. The van der Waals surface area contributed by atoms with Crippen LogP contribution < -0.4 is 0 Å². The molecule has 13 heavy (non-hydrogen) atoms. The van der Waals surface area contributed by atoms with E-state index in [2.05, 4.69) is 4.18 Å². The number of rotatable bonds is 6. The lowest BCUT2D eigenvalue weighted by Gasteiger charge is -2.32. The molecular formula is C8H17O4S-. The summed E-state index contributed by atoms with van der Waals surface area (Å²) >= 11 is -2.66. The van der Waals surface area contributed by atoms with Crippen molar-refractivity contribution in [2.45, 2.75) is 45.8 Å². The Morgan fingerprint density at radius 3 is 2.46 bits per heavy atom. The van der Waals surface area contributed by atoms with Crippen molar-refractivity contribution in [3.63, 3.8) is 0 Å². The fraction of sp³-hybridized carbons (Fsp3) is 1.00. The van der Waals surface area contributed by atoms with Crippen molar-refractivity contribution in [3.05, 3.63) is 0 Å². The van der Waals surface area contributed by atoms with Crippen molar-refractivity contribution in [2.75, 3.05) is 0 Å². The molecule has 1 N–H and O–H groups in total. The van der Waals surface area contributed by atoms with Gasteiger partial charge in [0.05, 0.1) is 11.4 Å². The second-order valence-electron chi connectivity index (χ2n) is 3.39. The van der Waals surface area contributed by atoms with E-state index < -0.39 is 17.1 Å². The molecule has 0 saturated carbocycles. The van der Waals surface area contributed by atoms with Crippen LogP contribution in [-0.4, -0.2) is 19.7 Å². The number of hydrogen-bond acceptors (Lipinski definition) is 4. The minimum atomic E-state index is -2.66. The fourth-order valence-electron chi connectivity index (χ4n) is 0.974. The third kappa shape index (κ3) is 4.71. The molecule has 0 heterocycles. The molecule has 0 fully saturated rings. The lowest BCUT2D eigenvalue weighted by Crippen LogP contribution is -2.38. The molecule has 2 atom stereocenters. The van der Waals surface area contributed by atoms with Gasteiger partial charge >= 0.3 is 0 Å². The molecule has 5 heteroatoms. The minimum absolute atomic E-state index is 0.239. The standard InChI is InChI=1S/C8H18O4S/c1-4-5-6-8(9,7(2)3)12-13(10)11/h7,9H,4-6H2,1-3H3,(H,10,11)/p-1. The number of aliphatic hydroxyl groups is 1. The summed E-state index contributed by atoms with van der Waals surface area (Å²) in [6.07, 6.45) is 1.98. The molecule has 0 rings (SSSR count). The van der Waals surface area contributed by atoms with Crippen molar-refractivity contribution in [1.29, 1.82) is 0 Å². The molecular weight excluding hydrogens is 192 g/mol. The molecule has 0 aliphatic carbocycles. The molecule has 0 spiro atoms. The summed E-state index contributed by atoms with van der Waals surface area (Å²) < 4.78 is 25.1. The third-order valence-corrected chi connectivity index (χ3v) is 2.43. The first-order chi connectivity index (χ1) is 5.92. The fourth-order valence-corrected chi connectivity index (χ4v) is 1.49. The monoisotopic (exact) mass is 209 g/mol. The first kappa shape index (κ1) is 13.0. The Balaban J connectivity index is 4.24. The van der Waals surface area contributed by atoms with Crippen LogP contribution in [0.15, 0.2) is 0 Å². The van der Waals surface area contributed by atoms with Crippen LogP contribution in [0.4, 0.5) is 0 Å². The summed E-state index contributed by atoms with van der Waals surface area (Å²) in [5.74, 6) is -1.78. The molecule has 0 aliphatic rings. The van der Waals surface area contributed by atoms with Crippen LogP contribution in [0.25, 0.3) is 0 Å². The average molecular weight is 209 g/mol. The Bertz CT molecular complexity index is 172. The van der Waals surface area contributed by atoms with Crippen LogP contribution in [0.5, 0.6) is 0 Å². The lowest BCUT2D eigenvalue weighted by atomic mass is 9.97. The second-order valence-corrected chi connectivity index (χ2v) is 3.97. The van der Waals surface area contributed by atoms with Crippen LogP contribution in [0.1, 0.15) is 40.0 Å². The molecule has 0 amide bonds. The predicted octanol–water partition coefficient (Wildman–Crippen LogP) is 1.33. The zero-order valence-electron chi connectivity index (χ0n) is 8.28. The minimum Gasteiger partial charge on any atom is -0.750 e. The maximum absolute atomic E-state index is 10.3. The van der Waals surface area contributed by atoms with E-state index in [1.54, 1.807) is 13.8 Å². The Morgan fingerprint density at radius 1 is 1.62 bits per heavy atom. The van der Waals surface area contributed by atoms with Crippen LogP contribution in [0.2, 0.25) is 0 Å². The molecule has 0 bridgehead atoms. The van der Waals surface area contributed by atoms with E-state index in [1.165, 1.54) is 0 Å². The third-order valence-electron chi connectivity index (χ3n) is 2.00. The lowest BCUT2D eigenvalue weighted by molar-refractivity contribution is -0.172. The van der Waals surface area contributed by atoms with Crippen molar-refractivity contribution < 1.29 is 18.1 Å². The van der Waals surface area contributed by atoms with Gasteiger partial charge in [-0.25, -0.2) is 4.21 Å². The van der Waals surface area contributed by atoms with Crippen molar-refractivity contribution in [2.24, 2.45) is 5.92 Å². The van der Waals surface area contributed by atoms with Gasteiger partial charge in [-0.05, 0) is 6.42 Å². The Labute approximate surface area is 81.8 Å². The molecule has 4 nitrogen and oxygen atoms in total. The van der Waals surface area contributed by atoms with Gasteiger partial charge in [-0.1, -0.05) is 27.2 Å². The predicted molar refractivity (Wildman–Crippen MR) is 49.3 cm³/mol. The van der Waals surface area contributed by atoms with Gasteiger partial charge in [-0.3, -0.25) is 4.18 Å². The Kier molecular flexibility index (Phi) is 5.71. The summed E-state index contributed by atoms with van der Waals surface area (Å²) in [5.41, 5.74) is 0. The van der Waals surface area contributed by atoms with Gasteiger partial charge in [0, 0.05) is 12.3 Å².